The molecule has 1 fully saturated rings. The zero-order chi connectivity index (χ0) is 16.5. The van der Waals surface area contributed by atoms with E-state index in [9.17, 15) is 25.6 Å². The SMILES string of the molecule is CCC(C(F)(F)C(C)S(=O)(=O)N1CCCCC1)S(=O)(=O)O. The van der Waals surface area contributed by atoms with Gasteiger partial charge in [-0.1, -0.05) is 13.3 Å². The minimum absolute atomic E-state index is 0.158. The summed E-state index contributed by atoms with van der Waals surface area (Å²) in [5, 5.41) is -4.64. The molecule has 0 aromatic heterocycles. The van der Waals surface area contributed by atoms with E-state index in [1.807, 2.05) is 0 Å². The van der Waals surface area contributed by atoms with Gasteiger partial charge in [-0.2, -0.15) is 8.42 Å². The van der Waals surface area contributed by atoms with Gasteiger partial charge in [-0.05, 0) is 26.2 Å². The Balaban J connectivity index is 3.11. The highest BCUT2D eigenvalue weighted by Crippen LogP contribution is 2.35. The minimum atomic E-state index is -5.04. The maximum Gasteiger partial charge on any atom is 0.284 e. The van der Waals surface area contributed by atoms with E-state index in [2.05, 4.69) is 0 Å². The number of nitrogens with zero attached hydrogens (tertiary/aromatic N) is 1. The lowest BCUT2D eigenvalue weighted by atomic mass is 10.1. The second-order valence-corrected chi connectivity index (χ2v) is 9.09. The zero-order valence-electron chi connectivity index (χ0n) is 12.0. The van der Waals surface area contributed by atoms with Crippen molar-refractivity contribution in [3.05, 3.63) is 0 Å². The van der Waals surface area contributed by atoms with Crippen LogP contribution in [0.5, 0.6) is 0 Å². The molecule has 0 radical (unpaired) electrons. The molecular formula is C11H21F2NO5S2. The van der Waals surface area contributed by atoms with Crippen LogP contribution in [0, 0.1) is 0 Å². The quantitative estimate of drug-likeness (QED) is 0.734. The summed E-state index contributed by atoms with van der Waals surface area (Å²) in [4.78, 5) is 0. The van der Waals surface area contributed by atoms with Gasteiger partial charge in [-0.25, -0.2) is 21.5 Å². The van der Waals surface area contributed by atoms with Gasteiger partial charge >= 0.3 is 0 Å². The van der Waals surface area contributed by atoms with E-state index in [1.54, 1.807) is 0 Å². The van der Waals surface area contributed by atoms with Crippen molar-refractivity contribution in [3.63, 3.8) is 0 Å². The monoisotopic (exact) mass is 349 g/mol. The molecule has 1 heterocycles. The van der Waals surface area contributed by atoms with Crippen LogP contribution < -0.4 is 0 Å². The van der Waals surface area contributed by atoms with Crippen LogP contribution in [-0.4, -0.2) is 55.2 Å². The largest absolute Gasteiger partial charge is 0.285 e. The number of sulfonamides is 1. The van der Waals surface area contributed by atoms with Crippen LogP contribution >= 0.6 is 0 Å². The lowest BCUT2D eigenvalue weighted by Gasteiger charge is -2.34. The van der Waals surface area contributed by atoms with Gasteiger partial charge in [0.15, 0.2) is 5.25 Å². The summed E-state index contributed by atoms with van der Waals surface area (Å²) < 4.78 is 85.1. The van der Waals surface area contributed by atoms with Crippen molar-refractivity contribution in [2.45, 2.75) is 56.0 Å². The molecule has 1 saturated heterocycles. The predicted molar refractivity (Wildman–Crippen MR) is 74.4 cm³/mol. The average molecular weight is 349 g/mol. The molecule has 21 heavy (non-hydrogen) atoms. The van der Waals surface area contributed by atoms with Gasteiger partial charge in [0.05, 0.1) is 0 Å². The molecular weight excluding hydrogens is 328 g/mol. The van der Waals surface area contributed by atoms with Crippen molar-refractivity contribution in [1.82, 2.24) is 4.31 Å². The molecule has 2 unspecified atom stereocenters. The highest BCUT2D eigenvalue weighted by atomic mass is 32.2. The van der Waals surface area contributed by atoms with Crippen molar-refractivity contribution in [2.75, 3.05) is 13.1 Å². The molecule has 1 aliphatic heterocycles. The normalized spacial score (nSPS) is 22.0. The van der Waals surface area contributed by atoms with Crippen molar-refractivity contribution >= 4 is 20.1 Å². The fourth-order valence-electron chi connectivity index (χ4n) is 2.48. The number of rotatable bonds is 6. The third kappa shape index (κ3) is 3.91. The third-order valence-electron chi connectivity index (χ3n) is 3.82. The molecule has 0 spiro atoms. The summed E-state index contributed by atoms with van der Waals surface area (Å²) >= 11 is 0. The molecule has 0 bridgehead atoms. The molecule has 1 N–H and O–H groups in total. The van der Waals surface area contributed by atoms with E-state index < -0.39 is 43.0 Å². The maximum atomic E-state index is 14.3. The van der Waals surface area contributed by atoms with E-state index in [0.717, 1.165) is 24.6 Å². The third-order valence-corrected chi connectivity index (χ3v) is 7.48. The summed E-state index contributed by atoms with van der Waals surface area (Å²) in [6.07, 6.45) is 1.44. The van der Waals surface area contributed by atoms with Crippen LogP contribution in [0.2, 0.25) is 0 Å². The first-order valence-corrected chi connectivity index (χ1v) is 9.79. The van der Waals surface area contributed by atoms with Crippen molar-refractivity contribution in [3.8, 4) is 0 Å². The molecule has 0 amide bonds. The van der Waals surface area contributed by atoms with Crippen molar-refractivity contribution < 1.29 is 30.2 Å². The fourth-order valence-corrected chi connectivity index (χ4v) is 5.37. The smallest absolute Gasteiger partial charge is 0.284 e. The lowest BCUT2D eigenvalue weighted by molar-refractivity contribution is -0.00774. The van der Waals surface area contributed by atoms with E-state index >= 15 is 0 Å². The van der Waals surface area contributed by atoms with Crippen molar-refractivity contribution in [2.24, 2.45) is 0 Å². The number of halogens is 2. The highest BCUT2D eigenvalue weighted by Gasteiger charge is 2.56. The van der Waals surface area contributed by atoms with E-state index in [0.29, 0.717) is 12.8 Å². The zero-order valence-corrected chi connectivity index (χ0v) is 13.6. The topological polar surface area (TPSA) is 91.8 Å². The lowest BCUT2D eigenvalue weighted by Crippen LogP contribution is -2.54. The Morgan fingerprint density at radius 1 is 1.14 bits per heavy atom. The molecule has 0 saturated carbocycles. The Labute approximate surface area is 124 Å². The van der Waals surface area contributed by atoms with Gasteiger partial charge < -0.3 is 0 Å². The van der Waals surface area contributed by atoms with Crippen LogP contribution in [0.3, 0.4) is 0 Å². The predicted octanol–water partition coefficient (Wildman–Crippen LogP) is 1.49. The second-order valence-electron chi connectivity index (χ2n) is 5.23. The Kier molecular flexibility index (Phi) is 5.73. The van der Waals surface area contributed by atoms with Gasteiger partial charge in [0.1, 0.15) is 5.25 Å². The van der Waals surface area contributed by atoms with Gasteiger partial charge in [0.2, 0.25) is 10.0 Å². The van der Waals surface area contributed by atoms with Gasteiger partial charge in [0, 0.05) is 13.1 Å². The Morgan fingerprint density at radius 2 is 1.62 bits per heavy atom. The molecule has 10 heteroatoms. The van der Waals surface area contributed by atoms with Crippen LogP contribution in [0.15, 0.2) is 0 Å². The molecule has 0 aromatic rings. The summed E-state index contributed by atoms with van der Waals surface area (Å²) in [6, 6.07) is 0. The van der Waals surface area contributed by atoms with Gasteiger partial charge in [-0.3, -0.25) is 4.55 Å². The van der Waals surface area contributed by atoms with Gasteiger partial charge in [-0.15, -0.1) is 0 Å². The second kappa shape index (κ2) is 6.43. The van der Waals surface area contributed by atoms with E-state index in [4.69, 9.17) is 4.55 Å². The molecule has 1 aliphatic rings. The Hall–Kier alpha value is -0.320. The van der Waals surface area contributed by atoms with E-state index in [-0.39, 0.29) is 13.1 Å². The van der Waals surface area contributed by atoms with Gasteiger partial charge in [0.25, 0.3) is 16.0 Å². The Bertz CT molecular complexity index is 555. The van der Waals surface area contributed by atoms with Crippen LogP contribution in [0.1, 0.15) is 39.5 Å². The summed E-state index contributed by atoms with van der Waals surface area (Å²) in [5.74, 6) is -4.07. The maximum absolute atomic E-state index is 14.3. The first-order chi connectivity index (χ1) is 9.45. The number of hydrogen-bond donors (Lipinski definition) is 1. The van der Waals surface area contributed by atoms with Crippen LogP contribution in [-0.2, 0) is 20.1 Å². The number of alkyl halides is 2. The number of hydrogen-bond acceptors (Lipinski definition) is 4. The van der Waals surface area contributed by atoms with Crippen molar-refractivity contribution in [1.29, 1.82) is 0 Å². The molecule has 1 rings (SSSR count). The first-order valence-electron chi connectivity index (χ1n) is 6.78. The minimum Gasteiger partial charge on any atom is -0.285 e. The summed E-state index contributed by atoms with van der Waals surface area (Å²) in [7, 11) is -9.37. The molecule has 6 nitrogen and oxygen atoms in total. The number of piperidine rings is 1. The fraction of sp³-hybridized carbons (Fsp3) is 1.00. The standard InChI is InChI=1S/C11H21F2NO5S2/c1-3-10(21(17,18)19)11(12,13)9(2)20(15,16)14-7-5-4-6-8-14/h9-10H,3-8H2,1-2H3,(H,17,18,19). The van der Waals surface area contributed by atoms with E-state index in [1.165, 1.54) is 0 Å². The molecule has 0 aliphatic carbocycles. The molecule has 0 aromatic carbocycles. The average Bonchev–Trinajstić information content (AvgIpc) is 2.37. The first kappa shape index (κ1) is 18.7. The summed E-state index contributed by atoms with van der Waals surface area (Å²) in [5.41, 5.74) is 0. The molecule has 2 atom stereocenters. The highest BCUT2D eigenvalue weighted by molar-refractivity contribution is 7.90. The van der Waals surface area contributed by atoms with Crippen LogP contribution in [0.4, 0.5) is 8.78 Å². The summed E-state index contributed by atoms with van der Waals surface area (Å²) in [6.45, 7) is 2.27. The Morgan fingerprint density at radius 3 is 2.00 bits per heavy atom. The molecule has 126 valence electrons. The van der Waals surface area contributed by atoms with Crippen LogP contribution in [0.25, 0.3) is 0 Å².